The molecule has 2 heterocycles. The predicted molar refractivity (Wildman–Crippen MR) is 153 cm³/mol. The molecule has 0 saturated carbocycles. The standard InChI is InChI=1S/C31H28N2O5S/c1-3-17-38-22-12-8-11-21(18-22)28-27(25(34)16-13-20-9-6-5-7-10-20)29(35)30(36)33(28)31-32-24-15-14-23(37-4-2)19-26(24)39-31/h5-16,18-19,28,35H,3-4,17H2,1-2H3/b16-13+. The van der Waals surface area contributed by atoms with E-state index in [2.05, 4.69) is 4.98 Å². The Labute approximate surface area is 230 Å². The van der Waals surface area contributed by atoms with Gasteiger partial charge in [-0.1, -0.05) is 66.8 Å². The molecule has 39 heavy (non-hydrogen) atoms. The third-order valence-electron chi connectivity index (χ3n) is 6.21. The zero-order valence-corrected chi connectivity index (χ0v) is 22.5. The van der Waals surface area contributed by atoms with Crippen molar-refractivity contribution in [3.05, 3.63) is 101 Å². The quantitative estimate of drug-likeness (QED) is 0.226. The van der Waals surface area contributed by atoms with Crippen molar-refractivity contribution in [3.8, 4) is 11.5 Å². The molecule has 8 heteroatoms. The first-order valence-electron chi connectivity index (χ1n) is 12.8. The van der Waals surface area contributed by atoms with Gasteiger partial charge in [0, 0.05) is 0 Å². The summed E-state index contributed by atoms with van der Waals surface area (Å²) in [4.78, 5) is 33.1. The lowest BCUT2D eigenvalue weighted by atomic mass is 9.95. The van der Waals surface area contributed by atoms with Crippen molar-refractivity contribution in [2.24, 2.45) is 0 Å². The highest BCUT2D eigenvalue weighted by Gasteiger charge is 2.45. The summed E-state index contributed by atoms with van der Waals surface area (Å²) in [5.41, 5.74) is 2.14. The number of allylic oxidation sites excluding steroid dienone is 1. The Kier molecular flexibility index (Phi) is 7.74. The normalized spacial score (nSPS) is 15.5. The Morgan fingerprint density at radius 3 is 2.59 bits per heavy atom. The lowest BCUT2D eigenvalue weighted by Crippen LogP contribution is -2.30. The van der Waals surface area contributed by atoms with Gasteiger partial charge in [-0.05, 0) is 60.9 Å². The van der Waals surface area contributed by atoms with Crippen LogP contribution in [0.5, 0.6) is 11.5 Å². The fraction of sp³-hybridized carbons (Fsp3) is 0.194. The van der Waals surface area contributed by atoms with Gasteiger partial charge in [0.1, 0.15) is 11.5 Å². The first kappa shape index (κ1) is 26.2. The van der Waals surface area contributed by atoms with E-state index in [-0.39, 0.29) is 5.57 Å². The molecule has 1 atom stereocenters. The minimum Gasteiger partial charge on any atom is -0.503 e. The Morgan fingerprint density at radius 1 is 1.03 bits per heavy atom. The largest absolute Gasteiger partial charge is 0.503 e. The van der Waals surface area contributed by atoms with Crippen LogP contribution in [0, 0.1) is 0 Å². The fourth-order valence-electron chi connectivity index (χ4n) is 4.44. The van der Waals surface area contributed by atoms with Crippen LogP contribution >= 0.6 is 11.3 Å². The highest BCUT2D eigenvalue weighted by molar-refractivity contribution is 7.22. The Balaban J connectivity index is 1.59. The van der Waals surface area contributed by atoms with Gasteiger partial charge in [-0.15, -0.1) is 0 Å². The minimum absolute atomic E-state index is 0.00548. The maximum atomic E-state index is 13.5. The van der Waals surface area contributed by atoms with E-state index in [4.69, 9.17) is 9.47 Å². The van der Waals surface area contributed by atoms with Crippen LogP contribution in [0.4, 0.5) is 5.13 Å². The molecule has 4 aromatic rings. The van der Waals surface area contributed by atoms with Crippen molar-refractivity contribution in [1.29, 1.82) is 0 Å². The van der Waals surface area contributed by atoms with Crippen LogP contribution in [-0.4, -0.2) is 35.0 Å². The molecule has 5 rings (SSSR count). The molecule has 0 saturated heterocycles. The SMILES string of the molecule is CCCOc1cccc(C2C(C(=O)/C=C/c3ccccc3)=C(O)C(=O)N2c2nc3ccc(OCC)cc3s2)c1. The molecule has 0 spiro atoms. The summed E-state index contributed by atoms with van der Waals surface area (Å²) in [5.74, 6) is -0.410. The number of aliphatic hydroxyl groups excluding tert-OH is 1. The highest BCUT2D eigenvalue weighted by Crippen LogP contribution is 2.44. The van der Waals surface area contributed by atoms with Crippen LogP contribution in [0.3, 0.4) is 0 Å². The van der Waals surface area contributed by atoms with Gasteiger partial charge >= 0.3 is 0 Å². The van der Waals surface area contributed by atoms with Crippen molar-refractivity contribution in [2.75, 3.05) is 18.1 Å². The number of hydrogen-bond donors (Lipinski definition) is 1. The fourth-order valence-corrected chi connectivity index (χ4v) is 5.46. The first-order valence-corrected chi connectivity index (χ1v) is 13.6. The zero-order chi connectivity index (χ0) is 27.4. The van der Waals surface area contributed by atoms with Crippen molar-refractivity contribution < 1.29 is 24.2 Å². The number of aromatic nitrogens is 1. The van der Waals surface area contributed by atoms with Gasteiger partial charge in [-0.3, -0.25) is 14.5 Å². The highest BCUT2D eigenvalue weighted by atomic mass is 32.1. The Bertz CT molecular complexity index is 1570. The number of carbonyl (C=O) groups is 2. The maximum absolute atomic E-state index is 13.5. The van der Waals surface area contributed by atoms with Crippen LogP contribution < -0.4 is 14.4 Å². The molecule has 0 fully saturated rings. The second-order valence-corrected chi connectivity index (χ2v) is 9.94. The monoisotopic (exact) mass is 540 g/mol. The van der Waals surface area contributed by atoms with Gasteiger partial charge in [-0.2, -0.15) is 0 Å². The smallest absolute Gasteiger partial charge is 0.296 e. The van der Waals surface area contributed by atoms with Gasteiger partial charge < -0.3 is 14.6 Å². The molecule has 7 nitrogen and oxygen atoms in total. The molecular formula is C31H28N2O5S. The van der Waals surface area contributed by atoms with Gasteiger partial charge in [0.2, 0.25) is 0 Å². The zero-order valence-electron chi connectivity index (χ0n) is 21.7. The van der Waals surface area contributed by atoms with E-state index in [1.165, 1.54) is 22.3 Å². The number of ketones is 1. The first-order chi connectivity index (χ1) is 19.0. The van der Waals surface area contributed by atoms with Crippen molar-refractivity contribution in [1.82, 2.24) is 4.98 Å². The number of carbonyl (C=O) groups excluding carboxylic acids is 2. The lowest BCUT2D eigenvalue weighted by molar-refractivity contribution is -0.117. The number of hydrogen-bond acceptors (Lipinski definition) is 7. The van der Waals surface area contributed by atoms with Crippen LogP contribution in [-0.2, 0) is 9.59 Å². The molecular weight excluding hydrogens is 512 g/mol. The summed E-state index contributed by atoms with van der Waals surface area (Å²) < 4.78 is 12.3. The van der Waals surface area contributed by atoms with Crippen molar-refractivity contribution in [2.45, 2.75) is 26.3 Å². The van der Waals surface area contributed by atoms with Crippen LogP contribution in [0.25, 0.3) is 16.3 Å². The summed E-state index contributed by atoms with van der Waals surface area (Å²) in [6.45, 7) is 4.98. The lowest BCUT2D eigenvalue weighted by Gasteiger charge is -2.24. The van der Waals surface area contributed by atoms with E-state index in [9.17, 15) is 14.7 Å². The third-order valence-corrected chi connectivity index (χ3v) is 7.23. The predicted octanol–water partition coefficient (Wildman–Crippen LogP) is 6.67. The number of benzene rings is 3. The van der Waals surface area contributed by atoms with Gasteiger partial charge in [0.05, 0.1) is 35.0 Å². The van der Waals surface area contributed by atoms with Crippen molar-refractivity contribution >= 4 is 44.5 Å². The molecule has 1 unspecified atom stereocenters. The molecule has 0 radical (unpaired) electrons. The van der Waals surface area contributed by atoms with E-state index in [1.807, 2.05) is 80.6 Å². The average molecular weight is 541 g/mol. The summed E-state index contributed by atoms with van der Waals surface area (Å²) in [7, 11) is 0. The summed E-state index contributed by atoms with van der Waals surface area (Å²) in [6, 6.07) is 21.3. The molecule has 1 aliphatic rings. The van der Waals surface area contributed by atoms with Crippen LogP contribution in [0.15, 0.2) is 90.2 Å². The number of thiazole rings is 1. The molecule has 1 N–H and O–H groups in total. The summed E-state index contributed by atoms with van der Waals surface area (Å²) in [6.07, 6.45) is 3.89. The Hall–Kier alpha value is -4.43. The molecule has 198 valence electrons. The molecule has 1 aliphatic heterocycles. The maximum Gasteiger partial charge on any atom is 0.296 e. The van der Waals surface area contributed by atoms with E-state index in [0.717, 1.165) is 16.7 Å². The topological polar surface area (TPSA) is 89.0 Å². The minimum atomic E-state index is -0.887. The van der Waals surface area contributed by atoms with Crippen LogP contribution in [0.2, 0.25) is 0 Å². The van der Waals surface area contributed by atoms with E-state index >= 15 is 0 Å². The van der Waals surface area contributed by atoms with E-state index < -0.39 is 23.5 Å². The molecule has 1 amide bonds. The van der Waals surface area contributed by atoms with E-state index in [1.54, 1.807) is 12.1 Å². The van der Waals surface area contributed by atoms with Gasteiger partial charge in [0.25, 0.3) is 5.91 Å². The Morgan fingerprint density at radius 2 is 1.82 bits per heavy atom. The summed E-state index contributed by atoms with van der Waals surface area (Å²) in [5, 5.41) is 11.4. The number of fused-ring (bicyclic) bond motifs is 1. The number of anilines is 1. The van der Waals surface area contributed by atoms with E-state index in [0.29, 0.717) is 40.9 Å². The average Bonchev–Trinajstić information content (AvgIpc) is 3.49. The van der Waals surface area contributed by atoms with Gasteiger partial charge in [0.15, 0.2) is 16.7 Å². The second kappa shape index (κ2) is 11.5. The number of rotatable bonds is 10. The second-order valence-electron chi connectivity index (χ2n) is 8.93. The number of nitrogens with zero attached hydrogens (tertiary/aromatic N) is 2. The number of ether oxygens (including phenoxy) is 2. The van der Waals surface area contributed by atoms with Crippen LogP contribution in [0.1, 0.15) is 37.4 Å². The molecule has 1 aromatic heterocycles. The molecule has 3 aromatic carbocycles. The molecule has 0 aliphatic carbocycles. The number of amides is 1. The molecule has 0 bridgehead atoms. The van der Waals surface area contributed by atoms with Gasteiger partial charge in [-0.25, -0.2) is 4.98 Å². The number of aliphatic hydroxyl groups is 1. The van der Waals surface area contributed by atoms with Crippen molar-refractivity contribution in [3.63, 3.8) is 0 Å². The summed E-state index contributed by atoms with van der Waals surface area (Å²) >= 11 is 1.30. The third kappa shape index (κ3) is 5.42.